The van der Waals surface area contributed by atoms with E-state index < -0.39 is 0 Å². The lowest BCUT2D eigenvalue weighted by Crippen LogP contribution is -1.98. The van der Waals surface area contributed by atoms with Crippen molar-refractivity contribution in [1.29, 1.82) is 0 Å². The maximum atomic E-state index is 5.14. The molecule has 0 amide bonds. The Morgan fingerprint density at radius 2 is 1.07 bits per heavy atom. The van der Waals surface area contributed by atoms with Crippen LogP contribution in [0, 0.1) is 0 Å². The van der Waals surface area contributed by atoms with Gasteiger partial charge >= 0.3 is 0 Å². The van der Waals surface area contributed by atoms with Crippen LogP contribution in [-0.4, -0.2) is 24.9 Å². The molecule has 4 heterocycles. The van der Waals surface area contributed by atoms with Crippen LogP contribution in [0.3, 0.4) is 0 Å². The number of para-hydroxylation sites is 1. The van der Waals surface area contributed by atoms with E-state index in [1.807, 2.05) is 61.1 Å². The molecule has 0 unspecified atom stereocenters. The highest BCUT2D eigenvalue weighted by molar-refractivity contribution is 6.08. The van der Waals surface area contributed by atoms with Crippen molar-refractivity contribution in [1.82, 2.24) is 24.9 Å². The second-order valence-corrected chi connectivity index (χ2v) is 10.2. The van der Waals surface area contributed by atoms with Crippen molar-refractivity contribution in [3.05, 3.63) is 140 Å². The van der Waals surface area contributed by atoms with E-state index in [2.05, 4.69) is 88.8 Å². The third-order valence-corrected chi connectivity index (χ3v) is 7.66. The van der Waals surface area contributed by atoms with E-state index in [0.717, 1.165) is 66.4 Å². The van der Waals surface area contributed by atoms with E-state index in [0.29, 0.717) is 5.82 Å². The van der Waals surface area contributed by atoms with Gasteiger partial charge in [0.15, 0.2) is 5.82 Å². The third kappa shape index (κ3) is 4.16. The molecule has 0 atom stereocenters. The van der Waals surface area contributed by atoms with Gasteiger partial charge in [0.1, 0.15) is 0 Å². The second kappa shape index (κ2) is 9.98. The predicted octanol–water partition coefficient (Wildman–Crippen LogP) is 8.79. The van der Waals surface area contributed by atoms with Crippen molar-refractivity contribution in [2.75, 3.05) is 0 Å². The van der Waals surface area contributed by atoms with Crippen LogP contribution in [0.15, 0.2) is 140 Å². The smallest absolute Gasteiger partial charge is 0.160 e. The third-order valence-electron chi connectivity index (χ3n) is 7.66. The summed E-state index contributed by atoms with van der Waals surface area (Å²) in [6.07, 6.45) is 5.49. The molecular formula is C37H23N5. The first-order valence-electron chi connectivity index (χ1n) is 13.8. The lowest BCUT2D eigenvalue weighted by Gasteiger charge is -2.13. The minimum Gasteiger partial charge on any atom is -0.256 e. The van der Waals surface area contributed by atoms with Crippen LogP contribution < -0.4 is 0 Å². The van der Waals surface area contributed by atoms with Crippen LogP contribution >= 0.6 is 0 Å². The average molecular weight is 538 g/mol. The van der Waals surface area contributed by atoms with Crippen LogP contribution in [0.25, 0.3) is 77.7 Å². The second-order valence-electron chi connectivity index (χ2n) is 10.2. The van der Waals surface area contributed by atoms with E-state index in [-0.39, 0.29) is 0 Å². The Labute approximate surface area is 242 Å². The van der Waals surface area contributed by atoms with Gasteiger partial charge in [0.2, 0.25) is 0 Å². The normalized spacial score (nSPS) is 11.3. The molecule has 4 aromatic carbocycles. The number of pyridine rings is 3. The Hall–Kier alpha value is -5.81. The van der Waals surface area contributed by atoms with Crippen molar-refractivity contribution in [2.24, 2.45) is 0 Å². The van der Waals surface area contributed by atoms with Gasteiger partial charge in [-0.1, -0.05) is 91.0 Å². The van der Waals surface area contributed by atoms with Crippen LogP contribution in [0.1, 0.15) is 0 Å². The van der Waals surface area contributed by atoms with Gasteiger partial charge in [0.25, 0.3) is 0 Å². The van der Waals surface area contributed by atoms with Gasteiger partial charge in [0.05, 0.1) is 27.9 Å². The van der Waals surface area contributed by atoms with Gasteiger partial charge in [-0.25, -0.2) is 9.97 Å². The molecule has 42 heavy (non-hydrogen) atoms. The average Bonchev–Trinajstić information content (AvgIpc) is 3.08. The minimum absolute atomic E-state index is 0.659. The fourth-order valence-electron chi connectivity index (χ4n) is 5.59. The molecule has 0 fully saturated rings. The summed E-state index contributed by atoms with van der Waals surface area (Å²) in [4.78, 5) is 24.2. The Morgan fingerprint density at radius 3 is 1.90 bits per heavy atom. The molecule has 8 rings (SSSR count). The zero-order chi connectivity index (χ0) is 27.9. The van der Waals surface area contributed by atoms with Crippen LogP contribution in [0.5, 0.6) is 0 Å². The zero-order valence-corrected chi connectivity index (χ0v) is 22.5. The van der Waals surface area contributed by atoms with Gasteiger partial charge in [-0.05, 0) is 41.5 Å². The first-order chi connectivity index (χ1) is 20.8. The number of rotatable bonds is 4. The summed E-state index contributed by atoms with van der Waals surface area (Å²) in [5.74, 6) is 0.659. The van der Waals surface area contributed by atoms with Gasteiger partial charge < -0.3 is 0 Å². The Bertz CT molecular complexity index is 2240. The quantitative estimate of drug-likeness (QED) is 0.210. The number of benzene rings is 4. The summed E-state index contributed by atoms with van der Waals surface area (Å²) in [7, 11) is 0. The molecule has 0 aliphatic heterocycles. The summed E-state index contributed by atoms with van der Waals surface area (Å²) in [5, 5.41) is 3.10. The van der Waals surface area contributed by atoms with E-state index >= 15 is 0 Å². The van der Waals surface area contributed by atoms with Gasteiger partial charge in [-0.3, -0.25) is 15.0 Å². The fraction of sp³-hybridized carbons (Fsp3) is 0. The Balaban J connectivity index is 1.35. The van der Waals surface area contributed by atoms with Crippen molar-refractivity contribution >= 4 is 32.7 Å². The molecule has 0 radical (unpaired) electrons. The summed E-state index contributed by atoms with van der Waals surface area (Å²) >= 11 is 0. The maximum absolute atomic E-state index is 5.14. The molecule has 0 aliphatic rings. The van der Waals surface area contributed by atoms with Gasteiger partial charge in [-0.15, -0.1) is 0 Å². The monoisotopic (exact) mass is 537 g/mol. The largest absolute Gasteiger partial charge is 0.256 e. The molecule has 0 N–H and O–H groups in total. The van der Waals surface area contributed by atoms with Gasteiger partial charge in [-0.2, -0.15) is 0 Å². The number of fused-ring (bicyclic) bond motifs is 4. The molecule has 0 saturated carbocycles. The highest BCUT2D eigenvalue weighted by atomic mass is 14.9. The summed E-state index contributed by atoms with van der Waals surface area (Å²) in [6.45, 7) is 0. The van der Waals surface area contributed by atoms with E-state index in [1.54, 1.807) is 0 Å². The highest BCUT2D eigenvalue weighted by Gasteiger charge is 2.16. The first kappa shape index (κ1) is 24.0. The Kier molecular flexibility index (Phi) is 5.71. The van der Waals surface area contributed by atoms with Crippen molar-refractivity contribution < 1.29 is 0 Å². The minimum atomic E-state index is 0.659. The van der Waals surface area contributed by atoms with Crippen molar-refractivity contribution in [3.8, 4) is 45.0 Å². The number of hydrogen-bond donors (Lipinski definition) is 0. The molecule has 4 aromatic heterocycles. The van der Waals surface area contributed by atoms with E-state index in [4.69, 9.17) is 15.0 Å². The number of nitrogens with zero attached hydrogens (tertiary/aromatic N) is 5. The molecular weight excluding hydrogens is 514 g/mol. The standard InChI is InChI=1S/C37H23N5/c1-2-7-24(8-3-1)25-12-14-27(15-13-25)37-41-33(29-18-21-38-32-11-5-4-10-28(29)32)23-34(42-37)30-19-22-40-36-31(30)17-16-26-9-6-20-39-35(26)36/h1-23H. The summed E-state index contributed by atoms with van der Waals surface area (Å²) < 4.78 is 0. The van der Waals surface area contributed by atoms with Crippen LogP contribution in [0.4, 0.5) is 0 Å². The lowest BCUT2D eigenvalue weighted by molar-refractivity contribution is 1.18. The molecule has 5 nitrogen and oxygen atoms in total. The fourth-order valence-corrected chi connectivity index (χ4v) is 5.59. The molecule has 0 bridgehead atoms. The van der Waals surface area contributed by atoms with Crippen molar-refractivity contribution in [2.45, 2.75) is 0 Å². The Morgan fingerprint density at radius 1 is 0.405 bits per heavy atom. The molecule has 5 heteroatoms. The first-order valence-corrected chi connectivity index (χ1v) is 13.8. The highest BCUT2D eigenvalue weighted by Crippen LogP contribution is 2.35. The van der Waals surface area contributed by atoms with E-state index in [9.17, 15) is 0 Å². The SMILES string of the molecule is c1ccc(-c2ccc(-c3nc(-c4ccnc5ccccc45)cc(-c4ccnc5c4ccc4cccnc45)n3)cc2)cc1. The van der Waals surface area contributed by atoms with Crippen molar-refractivity contribution in [3.63, 3.8) is 0 Å². The van der Waals surface area contributed by atoms with Crippen LogP contribution in [-0.2, 0) is 0 Å². The molecule has 8 aromatic rings. The predicted molar refractivity (Wildman–Crippen MR) is 170 cm³/mol. The van der Waals surface area contributed by atoms with Gasteiger partial charge in [0, 0.05) is 51.4 Å². The topological polar surface area (TPSA) is 64.5 Å². The summed E-state index contributed by atoms with van der Waals surface area (Å²) in [6, 6.07) is 41.3. The molecule has 0 aliphatic carbocycles. The number of hydrogen-bond acceptors (Lipinski definition) is 5. The summed E-state index contributed by atoms with van der Waals surface area (Å²) in [5.41, 5.74) is 9.58. The maximum Gasteiger partial charge on any atom is 0.160 e. The number of aromatic nitrogens is 5. The van der Waals surface area contributed by atoms with Crippen LogP contribution in [0.2, 0.25) is 0 Å². The van der Waals surface area contributed by atoms with E-state index in [1.165, 1.54) is 5.56 Å². The molecule has 0 spiro atoms. The molecule has 196 valence electrons. The lowest BCUT2D eigenvalue weighted by atomic mass is 10.00. The zero-order valence-electron chi connectivity index (χ0n) is 22.5. The molecule has 0 saturated heterocycles.